The van der Waals surface area contributed by atoms with E-state index in [1.54, 1.807) is 12.4 Å². The van der Waals surface area contributed by atoms with Gasteiger partial charge in [0.25, 0.3) is 5.91 Å². The molecule has 0 spiro atoms. The second-order valence-corrected chi connectivity index (χ2v) is 7.16. The molecule has 3 nitrogen and oxygen atoms in total. The fourth-order valence-corrected chi connectivity index (χ4v) is 3.67. The highest BCUT2D eigenvalue weighted by molar-refractivity contribution is 14.1. The molecule has 0 bridgehead atoms. The van der Waals surface area contributed by atoms with Crippen LogP contribution >= 0.6 is 38.5 Å². The lowest BCUT2D eigenvalue weighted by molar-refractivity contribution is 0.0734. The van der Waals surface area contributed by atoms with Gasteiger partial charge in [-0.15, -0.1) is 0 Å². The van der Waals surface area contributed by atoms with Crippen molar-refractivity contribution >= 4 is 44.4 Å². The van der Waals surface area contributed by atoms with E-state index in [4.69, 9.17) is 0 Å². The average molecular weight is 457 g/mol. The topological polar surface area (TPSA) is 33.2 Å². The largest absolute Gasteiger partial charge is 0.332 e. The van der Waals surface area contributed by atoms with Crippen LogP contribution in [0.25, 0.3) is 0 Å². The Morgan fingerprint density at radius 1 is 1.29 bits per heavy atom. The Hall–Kier alpha value is -0.950. The van der Waals surface area contributed by atoms with Gasteiger partial charge in [-0.1, -0.05) is 0 Å². The second-order valence-electron chi connectivity index (χ2n) is 5.06. The van der Waals surface area contributed by atoms with Gasteiger partial charge < -0.3 is 4.90 Å². The van der Waals surface area contributed by atoms with Crippen molar-refractivity contribution in [2.75, 3.05) is 6.54 Å². The van der Waals surface area contributed by atoms with Gasteiger partial charge in [0, 0.05) is 27.0 Å². The molecule has 108 valence electrons. The van der Waals surface area contributed by atoms with Crippen LogP contribution in [0, 0.1) is 3.57 Å². The molecule has 1 fully saturated rings. The first kappa shape index (κ1) is 15.0. The lowest BCUT2D eigenvalue weighted by Crippen LogP contribution is -2.30. The normalized spacial score (nSPS) is 18.0. The number of halogens is 2. The van der Waals surface area contributed by atoms with Crippen LogP contribution in [0.3, 0.4) is 0 Å². The Bertz CT molecular complexity index is 663. The molecule has 1 aliphatic rings. The van der Waals surface area contributed by atoms with E-state index in [2.05, 4.69) is 43.5 Å². The molecule has 0 saturated carbocycles. The number of carbonyl (C=O) groups excluding carboxylic acids is 1. The van der Waals surface area contributed by atoms with Gasteiger partial charge in [-0.05, 0) is 87.3 Å². The molecule has 1 saturated heterocycles. The van der Waals surface area contributed by atoms with Crippen LogP contribution in [0.1, 0.15) is 34.8 Å². The maximum Gasteiger partial charge on any atom is 0.255 e. The summed E-state index contributed by atoms with van der Waals surface area (Å²) >= 11 is 5.73. The predicted octanol–water partition coefficient (Wildman–Crippen LogP) is 4.43. The molecule has 1 aromatic heterocycles. The fraction of sp³-hybridized carbons (Fsp3) is 0.250. The van der Waals surface area contributed by atoms with Gasteiger partial charge in [-0.25, -0.2) is 0 Å². The van der Waals surface area contributed by atoms with Crippen LogP contribution in [0.2, 0.25) is 0 Å². The SMILES string of the molecule is O=C(c1cc(I)ccc1Br)N1CCCC1c1ccncc1. The Morgan fingerprint density at radius 3 is 2.81 bits per heavy atom. The number of hydrogen-bond donors (Lipinski definition) is 0. The zero-order valence-corrected chi connectivity index (χ0v) is 15.0. The summed E-state index contributed by atoms with van der Waals surface area (Å²) in [5, 5.41) is 0. The second kappa shape index (κ2) is 6.44. The van der Waals surface area contributed by atoms with E-state index in [0.29, 0.717) is 0 Å². The zero-order valence-electron chi connectivity index (χ0n) is 11.3. The summed E-state index contributed by atoms with van der Waals surface area (Å²) in [6, 6.07) is 10.0. The van der Waals surface area contributed by atoms with E-state index < -0.39 is 0 Å². The molecule has 2 aromatic rings. The molecule has 3 rings (SSSR count). The Labute approximate surface area is 146 Å². The number of likely N-dealkylation sites (tertiary alicyclic amines) is 1. The van der Waals surface area contributed by atoms with Crippen LogP contribution in [0.15, 0.2) is 47.2 Å². The van der Waals surface area contributed by atoms with Gasteiger partial charge in [0.15, 0.2) is 0 Å². The van der Waals surface area contributed by atoms with E-state index in [0.717, 1.165) is 38.6 Å². The van der Waals surface area contributed by atoms with Crippen LogP contribution in [-0.2, 0) is 0 Å². The predicted molar refractivity (Wildman–Crippen MR) is 94.1 cm³/mol. The minimum atomic E-state index is 0.0969. The van der Waals surface area contributed by atoms with Crippen molar-refractivity contribution in [3.63, 3.8) is 0 Å². The minimum Gasteiger partial charge on any atom is -0.332 e. The fourth-order valence-electron chi connectivity index (χ4n) is 2.76. The van der Waals surface area contributed by atoms with E-state index in [-0.39, 0.29) is 11.9 Å². The van der Waals surface area contributed by atoms with Gasteiger partial charge in [-0.3, -0.25) is 9.78 Å². The molecule has 21 heavy (non-hydrogen) atoms. The molecule has 1 amide bonds. The molecule has 1 aliphatic heterocycles. The molecule has 0 N–H and O–H groups in total. The highest BCUT2D eigenvalue weighted by Crippen LogP contribution is 2.34. The maximum absolute atomic E-state index is 12.9. The Kier molecular flexibility index (Phi) is 4.59. The van der Waals surface area contributed by atoms with Crippen molar-refractivity contribution in [3.8, 4) is 0 Å². The number of nitrogens with zero attached hydrogens (tertiary/aromatic N) is 2. The van der Waals surface area contributed by atoms with Crippen molar-refractivity contribution in [1.82, 2.24) is 9.88 Å². The first-order valence-corrected chi connectivity index (χ1v) is 8.70. The van der Waals surface area contributed by atoms with Crippen molar-refractivity contribution in [2.24, 2.45) is 0 Å². The number of amides is 1. The minimum absolute atomic E-state index is 0.0969. The van der Waals surface area contributed by atoms with Gasteiger partial charge in [0.2, 0.25) is 0 Å². The third-order valence-corrected chi connectivity index (χ3v) is 5.13. The summed E-state index contributed by atoms with van der Waals surface area (Å²) in [5.74, 6) is 0.0969. The molecule has 1 atom stereocenters. The van der Waals surface area contributed by atoms with Crippen molar-refractivity contribution < 1.29 is 4.79 Å². The van der Waals surface area contributed by atoms with Gasteiger partial charge in [0.1, 0.15) is 0 Å². The van der Waals surface area contributed by atoms with Gasteiger partial charge in [-0.2, -0.15) is 0 Å². The molecule has 5 heteroatoms. The summed E-state index contributed by atoms with van der Waals surface area (Å²) < 4.78 is 1.92. The summed E-state index contributed by atoms with van der Waals surface area (Å²) in [5.41, 5.74) is 1.90. The Balaban J connectivity index is 1.92. The molecule has 0 aliphatic carbocycles. The summed E-state index contributed by atoms with van der Waals surface area (Å²) in [6.07, 6.45) is 5.63. The summed E-state index contributed by atoms with van der Waals surface area (Å²) in [7, 11) is 0. The number of aromatic nitrogens is 1. The van der Waals surface area contributed by atoms with Crippen LogP contribution in [0.5, 0.6) is 0 Å². The smallest absolute Gasteiger partial charge is 0.255 e. The van der Waals surface area contributed by atoms with Crippen molar-refractivity contribution in [2.45, 2.75) is 18.9 Å². The quantitative estimate of drug-likeness (QED) is 0.626. The number of pyridine rings is 1. The standard InChI is InChI=1S/C16H14BrIN2O/c17-14-4-3-12(18)10-13(14)16(21)20-9-1-2-15(20)11-5-7-19-8-6-11/h3-8,10,15H,1-2,9H2. The van der Waals surface area contributed by atoms with Crippen LogP contribution in [0.4, 0.5) is 0 Å². The van der Waals surface area contributed by atoms with Crippen molar-refractivity contribution in [3.05, 3.63) is 61.9 Å². The van der Waals surface area contributed by atoms with E-state index in [1.165, 1.54) is 0 Å². The summed E-state index contributed by atoms with van der Waals surface area (Å²) in [6.45, 7) is 0.809. The van der Waals surface area contributed by atoms with E-state index >= 15 is 0 Å². The monoisotopic (exact) mass is 456 g/mol. The molecular formula is C16H14BrIN2O. The summed E-state index contributed by atoms with van der Waals surface area (Å²) in [4.78, 5) is 18.9. The lowest BCUT2D eigenvalue weighted by Gasteiger charge is -2.25. The van der Waals surface area contributed by atoms with Gasteiger partial charge >= 0.3 is 0 Å². The number of hydrogen-bond acceptors (Lipinski definition) is 2. The third-order valence-electron chi connectivity index (χ3n) is 3.76. The number of rotatable bonds is 2. The molecule has 0 radical (unpaired) electrons. The molecule has 1 aromatic carbocycles. The molecule has 1 unspecified atom stereocenters. The van der Waals surface area contributed by atoms with Crippen LogP contribution in [-0.4, -0.2) is 22.3 Å². The first-order chi connectivity index (χ1) is 10.2. The first-order valence-electron chi connectivity index (χ1n) is 6.83. The van der Waals surface area contributed by atoms with Crippen LogP contribution < -0.4 is 0 Å². The molecule has 2 heterocycles. The van der Waals surface area contributed by atoms with Crippen molar-refractivity contribution in [1.29, 1.82) is 0 Å². The maximum atomic E-state index is 12.9. The third kappa shape index (κ3) is 3.13. The highest BCUT2D eigenvalue weighted by atomic mass is 127. The number of carbonyl (C=O) groups is 1. The lowest BCUT2D eigenvalue weighted by atomic mass is 10.1. The molecular weight excluding hydrogens is 443 g/mol. The average Bonchev–Trinajstić information content (AvgIpc) is 2.99. The zero-order chi connectivity index (χ0) is 14.8. The highest BCUT2D eigenvalue weighted by Gasteiger charge is 2.31. The van der Waals surface area contributed by atoms with E-state index in [1.807, 2.05) is 35.2 Å². The Morgan fingerprint density at radius 2 is 2.05 bits per heavy atom. The number of benzene rings is 1. The van der Waals surface area contributed by atoms with Gasteiger partial charge in [0.05, 0.1) is 11.6 Å². The van der Waals surface area contributed by atoms with E-state index in [9.17, 15) is 4.79 Å².